The Labute approximate surface area is 107 Å². The zero-order chi connectivity index (χ0) is 12.8. The van der Waals surface area contributed by atoms with Crippen LogP contribution < -0.4 is 15.4 Å². The van der Waals surface area contributed by atoms with Crippen LogP contribution in [-0.4, -0.2) is 18.6 Å². The minimum Gasteiger partial charge on any atom is -0.497 e. The van der Waals surface area contributed by atoms with Crippen molar-refractivity contribution in [3.63, 3.8) is 0 Å². The molecule has 0 aliphatic rings. The van der Waals surface area contributed by atoms with Gasteiger partial charge in [0.2, 0.25) is 0 Å². The Morgan fingerprint density at radius 2 is 1.89 bits per heavy atom. The van der Waals surface area contributed by atoms with Crippen LogP contribution in [0.1, 0.15) is 6.92 Å². The standard InChI is InChI=1S/C14H17N3O/c1-3-15-13-8-5-9-14(17-13)16-11-6-4-7-12(10-11)18-2/h4-10H,3H2,1-2H3,(H2,15,16,17). The predicted octanol–water partition coefficient (Wildman–Crippen LogP) is 3.27. The smallest absolute Gasteiger partial charge is 0.132 e. The highest BCUT2D eigenvalue weighted by Crippen LogP contribution is 2.20. The van der Waals surface area contributed by atoms with E-state index in [-0.39, 0.29) is 0 Å². The predicted molar refractivity (Wildman–Crippen MR) is 74.7 cm³/mol. The molecule has 0 amide bonds. The Kier molecular flexibility index (Phi) is 4.02. The van der Waals surface area contributed by atoms with Gasteiger partial charge < -0.3 is 15.4 Å². The van der Waals surface area contributed by atoms with Crippen molar-refractivity contribution in [1.29, 1.82) is 0 Å². The van der Waals surface area contributed by atoms with Crippen molar-refractivity contribution < 1.29 is 4.74 Å². The molecule has 94 valence electrons. The summed E-state index contributed by atoms with van der Waals surface area (Å²) in [5.74, 6) is 2.50. The molecule has 1 aromatic heterocycles. The van der Waals surface area contributed by atoms with E-state index >= 15 is 0 Å². The van der Waals surface area contributed by atoms with Crippen LogP contribution in [0.4, 0.5) is 17.3 Å². The fraction of sp³-hybridized carbons (Fsp3) is 0.214. The molecule has 0 radical (unpaired) electrons. The van der Waals surface area contributed by atoms with E-state index in [2.05, 4.69) is 15.6 Å². The Balaban J connectivity index is 2.14. The molecular formula is C14H17N3O. The summed E-state index contributed by atoms with van der Waals surface area (Å²) in [7, 11) is 1.66. The molecule has 2 aromatic rings. The van der Waals surface area contributed by atoms with Crippen LogP contribution in [0.5, 0.6) is 5.75 Å². The van der Waals surface area contributed by atoms with Gasteiger partial charge in [0, 0.05) is 18.3 Å². The van der Waals surface area contributed by atoms with Crippen molar-refractivity contribution >= 4 is 17.3 Å². The van der Waals surface area contributed by atoms with Gasteiger partial charge in [-0.3, -0.25) is 0 Å². The lowest BCUT2D eigenvalue weighted by molar-refractivity contribution is 0.415. The molecule has 1 heterocycles. The lowest BCUT2D eigenvalue weighted by Gasteiger charge is -2.09. The summed E-state index contributed by atoms with van der Waals surface area (Å²) in [4.78, 5) is 4.45. The molecule has 18 heavy (non-hydrogen) atoms. The molecular weight excluding hydrogens is 226 g/mol. The lowest BCUT2D eigenvalue weighted by atomic mass is 10.3. The van der Waals surface area contributed by atoms with Crippen molar-refractivity contribution in [3.05, 3.63) is 42.5 Å². The zero-order valence-corrected chi connectivity index (χ0v) is 10.6. The van der Waals surface area contributed by atoms with Crippen LogP contribution >= 0.6 is 0 Å². The maximum Gasteiger partial charge on any atom is 0.132 e. The van der Waals surface area contributed by atoms with Gasteiger partial charge in [0.05, 0.1) is 7.11 Å². The van der Waals surface area contributed by atoms with Crippen LogP contribution in [0, 0.1) is 0 Å². The van der Waals surface area contributed by atoms with Gasteiger partial charge in [-0.15, -0.1) is 0 Å². The normalized spacial score (nSPS) is 9.89. The van der Waals surface area contributed by atoms with Gasteiger partial charge in [-0.05, 0) is 31.2 Å². The van der Waals surface area contributed by atoms with Crippen molar-refractivity contribution in [2.24, 2.45) is 0 Å². The van der Waals surface area contributed by atoms with Crippen molar-refractivity contribution in [2.45, 2.75) is 6.92 Å². The molecule has 0 saturated carbocycles. The number of nitrogens with one attached hydrogen (secondary N) is 2. The topological polar surface area (TPSA) is 46.2 Å². The van der Waals surface area contributed by atoms with E-state index in [0.29, 0.717) is 0 Å². The first-order chi connectivity index (χ1) is 8.81. The summed E-state index contributed by atoms with van der Waals surface area (Å²) >= 11 is 0. The first-order valence-corrected chi connectivity index (χ1v) is 5.94. The number of benzene rings is 1. The summed E-state index contributed by atoms with van der Waals surface area (Å²) in [5, 5.41) is 6.43. The van der Waals surface area contributed by atoms with Gasteiger partial charge in [0.1, 0.15) is 17.4 Å². The van der Waals surface area contributed by atoms with Crippen molar-refractivity contribution in [2.75, 3.05) is 24.3 Å². The average Bonchev–Trinajstić information content (AvgIpc) is 2.40. The Morgan fingerprint density at radius 1 is 1.11 bits per heavy atom. The number of pyridine rings is 1. The minimum absolute atomic E-state index is 0.807. The number of anilines is 3. The maximum atomic E-state index is 5.18. The molecule has 1 aromatic carbocycles. The Hall–Kier alpha value is -2.23. The van der Waals surface area contributed by atoms with Gasteiger partial charge in [-0.1, -0.05) is 12.1 Å². The van der Waals surface area contributed by atoms with Gasteiger partial charge in [0.15, 0.2) is 0 Å². The molecule has 0 spiro atoms. The van der Waals surface area contributed by atoms with Crippen LogP contribution in [0.25, 0.3) is 0 Å². The van der Waals surface area contributed by atoms with E-state index in [1.807, 2.05) is 49.4 Å². The number of aromatic nitrogens is 1. The molecule has 2 rings (SSSR count). The summed E-state index contributed by atoms with van der Waals surface area (Å²) in [6.45, 7) is 2.90. The van der Waals surface area contributed by atoms with E-state index in [4.69, 9.17) is 4.74 Å². The summed E-state index contributed by atoms with van der Waals surface area (Å²) in [5.41, 5.74) is 0.954. The first-order valence-electron chi connectivity index (χ1n) is 5.94. The molecule has 4 nitrogen and oxygen atoms in total. The minimum atomic E-state index is 0.807. The van der Waals surface area contributed by atoms with Crippen LogP contribution in [0.2, 0.25) is 0 Å². The van der Waals surface area contributed by atoms with Crippen molar-refractivity contribution in [3.8, 4) is 5.75 Å². The molecule has 0 unspecified atom stereocenters. The molecule has 0 bridgehead atoms. The van der Waals surface area contributed by atoms with E-state index in [1.165, 1.54) is 0 Å². The highest BCUT2D eigenvalue weighted by atomic mass is 16.5. The Morgan fingerprint density at radius 3 is 2.67 bits per heavy atom. The number of nitrogens with zero attached hydrogens (tertiary/aromatic N) is 1. The third-order valence-electron chi connectivity index (χ3n) is 2.45. The highest BCUT2D eigenvalue weighted by molar-refractivity contribution is 5.59. The third kappa shape index (κ3) is 3.13. The highest BCUT2D eigenvalue weighted by Gasteiger charge is 1.99. The first kappa shape index (κ1) is 12.2. The van der Waals surface area contributed by atoms with Gasteiger partial charge in [-0.25, -0.2) is 4.98 Å². The van der Waals surface area contributed by atoms with Gasteiger partial charge in [-0.2, -0.15) is 0 Å². The second-order valence-corrected chi connectivity index (χ2v) is 3.80. The largest absolute Gasteiger partial charge is 0.497 e. The monoisotopic (exact) mass is 243 g/mol. The van der Waals surface area contributed by atoms with E-state index < -0.39 is 0 Å². The number of hydrogen-bond donors (Lipinski definition) is 2. The second kappa shape index (κ2) is 5.91. The fourth-order valence-electron chi connectivity index (χ4n) is 1.63. The summed E-state index contributed by atoms with van der Waals surface area (Å²) in [6, 6.07) is 13.6. The van der Waals surface area contributed by atoms with Gasteiger partial charge >= 0.3 is 0 Å². The van der Waals surface area contributed by atoms with E-state index in [1.54, 1.807) is 7.11 Å². The molecule has 0 fully saturated rings. The summed E-state index contributed by atoms with van der Waals surface area (Å²) in [6.07, 6.45) is 0. The molecule has 0 aliphatic carbocycles. The second-order valence-electron chi connectivity index (χ2n) is 3.80. The van der Waals surface area contributed by atoms with Crippen molar-refractivity contribution in [1.82, 2.24) is 4.98 Å². The number of hydrogen-bond acceptors (Lipinski definition) is 4. The summed E-state index contributed by atoms with van der Waals surface area (Å²) < 4.78 is 5.18. The van der Waals surface area contributed by atoms with E-state index in [9.17, 15) is 0 Å². The SMILES string of the molecule is CCNc1cccc(Nc2cccc(OC)c2)n1. The molecule has 0 saturated heterocycles. The third-order valence-corrected chi connectivity index (χ3v) is 2.45. The zero-order valence-electron chi connectivity index (χ0n) is 10.6. The number of methoxy groups -OCH3 is 1. The molecule has 4 heteroatoms. The van der Waals surface area contributed by atoms with E-state index in [0.717, 1.165) is 29.6 Å². The maximum absolute atomic E-state index is 5.18. The van der Waals surface area contributed by atoms with Crippen LogP contribution in [-0.2, 0) is 0 Å². The molecule has 0 atom stereocenters. The fourth-order valence-corrected chi connectivity index (χ4v) is 1.63. The number of rotatable bonds is 5. The van der Waals surface area contributed by atoms with Crippen LogP contribution in [0.15, 0.2) is 42.5 Å². The van der Waals surface area contributed by atoms with Gasteiger partial charge in [0.25, 0.3) is 0 Å². The molecule has 2 N–H and O–H groups in total. The lowest BCUT2D eigenvalue weighted by Crippen LogP contribution is -2.01. The average molecular weight is 243 g/mol. The number of ether oxygens (including phenoxy) is 1. The molecule has 0 aliphatic heterocycles. The quantitative estimate of drug-likeness (QED) is 0.846. The van der Waals surface area contributed by atoms with Crippen LogP contribution in [0.3, 0.4) is 0 Å². The Bertz CT molecular complexity index is 514.